The molecule has 0 aromatic heterocycles. The van der Waals surface area contributed by atoms with E-state index in [1.165, 1.54) is 20.1 Å². The third-order valence-corrected chi connectivity index (χ3v) is 6.70. The number of ether oxygens (including phenoxy) is 1. The van der Waals surface area contributed by atoms with E-state index in [0.29, 0.717) is 22.2 Å². The minimum atomic E-state index is -4.93. The summed E-state index contributed by atoms with van der Waals surface area (Å²) in [5.74, 6) is 0.413. The van der Waals surface area contributed by atoms with Crippen molar-refractivity contribution in [3.63, 3.8) is 0 Å². The molecule has 34 heavy (non-hydrogen) atoms. The largest absolute Gasteiger partial charge is 0.496 e. The van der Waals surface area contributed by atoms with Crippen molar-refractivity contribution < 1.29 is 36.2 Å². The van der Waals surface area contributed by atoms with Crippen LogP contribution in [-0.4, -0.2) is 30.5 Å². The van der Waals surface area contributed by atoms with Crippen molar-refractivity contribution >= 4 is 21.6 Å². The summed E-state index contributed by atoms with van der Waals surface area (Å²) < 4.78 is 86.9. The van der Waals surface area contributed by atoms with Gasteiger partial charge in [0, 0.05) is 28.7 Å². The molecule has 2 aromatic carbocycles. The monoisotopic (exact) mass is 555 g/mol. The summed E-state index contributed by atoms with van der Waals surface area (Å²) in [6.07, 6.45) is -10.5. The van der Waals surface area contributed by atoms with E-state index >= 15 is 0 Å². The highest BCUT2D eigenvalue weighted by Crippen LogP contribution is 2.47. The molecule has 0 spiro atoms. The molecule has 2 rings (SSSR count). The third-order valence-electron chi connectivity index (χ3n) is 6.21. The molecule has 2 N–H and O–H groups in total. The van der Waals surface area contributed by atoms with Gasteiger partial charge in [0.15, 0.2) is 5.60 Å². The van der Waals surface area contributed by atoms with Crippen molar-refractivity contribution in [2.75, 3.05) is 19.0 Å². The Bertz CT molecular complexity index is 994. The molecule has 0 amide bonds. The van der Waals surface area contributed by atoms with Crippen LogP contribution in [0.2, 0.25) is 0 Å². The van der Waals surface area contributed by atoms with Gasteiger partial charge in [-0.05, 0) is 67.1 Å². The molecule has 0 saturated carbocycles. The van der Waals surface area contributed by atoms with Gasteiger partial charge < -0.3 is 15.2 Å². The molecule has 190 valence electrons. The Morgan fingerprint density at radius 1 is 1.03 bits per heavy atom. The van der Waals surface area contributed by atoms with Gasteiger partial charge in [0.1, 0.15) is 5.75 Å². The predicted molar refractivity (Wildman–Crippen MR) is 123 cm³/mol. The highest BCUT2D eigenvalue weighted by molar-refractivity contribution is 9.10. The molecule has 0 fully saturated rings. The molecule has 0 saturated heterocycles. The first-order chi connectivity index (χ1) is 15.6. The van der Waals surface area contributed by atoms with Crippen LogP contribution >= 0.6 is 15.9 Å². The molecule has 0 radical (unpaired) electrons. The molecule has 10 heteroatoms. The maximum atomic E-state index is 14.1. The molecule has 2 unspecified atom stereocenters. The lowest BCUT2D eigenvalue weighted by molar-refractivity contribution is -0.268. The average Bonchev–Trinajstić information content (AvgIpc) is 2.73. The average molecular weight is 556 g/mol. The minimum Gasteiger partial charge on any atom is -0.496 e. The second kappa shape index (κ2) is 10.4. The summed E-state index contributed by atoms with van der Waals surface area (Å²) in [4.78, 5) is 0. The summed E-state index contributed by atoms with van der Waals surface area (Å²) in [5.41, 5.74) is -3.93. The lowest BCUT2D eigenvalue weighted by atomic mass is 9.70. The van der Waals surface area contributed by atoms with Crippen molar-refractivity contribution in [1.29, 1.82) is 0 Å². The molecular weight excluding hydrogens is 528 g/mol. The van der Waals surface area contributed by atoms with Crippen LogP contribution in [0.4, 0.5) is 32.0 Å². The fraction of sp³-hybridized carbons (Fsp3) is 0.500. The quantitative estimate of drug-likeness (QED) is 0.312. The molecule has 3 nitrogen and oxygen atoms in total. The number of aryl methyl sites for hydroxylation is 1. The number of alkyl halides is 6. The van der Waals surface area contributed by atoms with Crippen LogP contribution in [0.15, 0.2) is 40.9 Å². The SMILES string of the molecule is CCC(C)(CC(O)(CCNc1ccc(C(F)(F)F)cc1C)C(F)(F)F)c1cc(Br)ccc1OC. The number of rotatable bonds is 9. The zero-order chi connectivity index (χ0) is 25.9. The van der Waals surface area contributed by atoms with Crippen molar-refractivity contribution in [2.24, 2.45) is 0 Å². The Hall–Kier alpha value is -1.94. The Morgan fingerprint density at radius 3 is 2.18 bits per heavy atom. The lowest BCUT2D eigenvalue weighted by Gasteiger charge is -2.40. The van der Waals surface area contributed by atoms with Crippen molar-refractivity contribution in [3.8, 4) is 5.75 Å². The summed E-state index contributed by atoms with van der Waals surface area (Å²) in [6.45, 7) is 4.52. The number of aliphatic hydroxyl groups is 1. The van der Waals surface area contributed by atoms with Gasteiger partial charge in [0.05, 0.1) is 12.7 Å². The fourth-order valence-corrected chi connectivity index (χ4v) is 4.34. The zero-order valence-electron chi connectivity index (χ0n) is 19.3. The summed E-state index contributed by atoms with van der Waals surface area (Å²) in [7, 11) is 1.43. The number of methoxy groups -OCH3 is 1. The number of nitrogens with one attached hydrogen (secondary N) is 1. The topological polar surface area (TPSA) is 41.5 Å². The van der Waals surface area contributed by atoms with E-state index < -0.39 is 41.8 Å². The van der Waals surface area contributed by atoms with Crippen LogP contribution in [-0.2, 0) is 11.6 Å². The summed E-state index contributed by atoms with van der Waals surface area (Å²) >= 11 is 3.34. The highest BCUT2D eigenvalue weighted by atomic mass is 79.9. The second-order valence-corrected chi connectivity index (χ2v) is 9.58. The van der Waals surface area contributed by atoms with Gasteiger partial charge in [-0.1, -0.05) is 29.8 Å². The highest BCUT2D eigenvalue weighted by Gasteiger charge is 2.56. The lowest BCUT2D eigenvalue weighted by Crippen LogP contribution is -2.50. The van der Waals surface area contributed by atoms with Crippen molar-refractivity contribution in [3.05, 3.63) is 57.6 Å². The molecule has 2 atom stereocenters. The molecular formula is C24H28BrF6NO2. The van der Waals surface area contributed by atoms with Crippen LogP contribution < -0.4 is 10.1 Å². The molecule has 0 aliphatic carbocycles. The van der Waals surface area contributed by atoms with Crippen LogP contribution in [0.1, 0.15) is 49.8 Å². The summed E-state index contributed by atoms with van der Waals surface area (Å²) in [5, 5.41) is 13.6. The van der Waals surface area contributed by atoms with Gasteiger partial charge in [-0.2, -0.15) is 26.3 Å². The Labute approximate surface area is 203 Å². The van der Waals surface area contributed by atoms with Gasteiger partial charge in [-0.25, -0.2) is 0 Å². The normalized spacial score (nSPS) is 16.0. The van der Waals surface area contributed by atoms with E-state index in [1.54, 1.807) is 32.0 Å². The van der Waals surface area contributed by atoms with Crippen LogP contribution in [0.25, 0.3) is 0 Å². The zero-order valence-corrected chi connectivity index (χ0v) is 20.9. The van der Waals surface area contributed by atoms with Crippen molar-refractivity contribution in [1.82, 2.24) is 0 Å². The smallest absolute Gasteiger partial charge is 0.417 e. The van der Waals surface area contributed by atoms with Gasteiger partial charge >= 0.3 is 12.4 Å². The third kappa shape index (κ3) is 6.38. The van der Waals surface area contributed by atoms with E-state index in [0.717, 1.165) is 12.1 Å². The number of hydrogen-bond donors (Lipinski definition) is 2. The molecule has 2 aromatic rings. The maximum absolute atomic E-state index is 14.1. The maximum Gasteiger partial charge on any atom is 0.417 e. The Kier molecular flexibility index (Phi) is 8.62. The number of anilines is 1. The number of hydrogen-bond acceptors (Lipinski definition) is 3. The molecule has 0 aliphatic rings. The fourth-order valence-electron chi connectivity index (χ4n) is 3.98. The summed E-state index contributed by atoms with van der Waals surface area (Å²) in [6, 6.07) is 8.00. The van der Waals surface area contributed by atoms with E-state index in [-0.39, 0.29) is 17.8 Å². The van der Waals surface area contributed by atoms with E-state index in [9.17, 15) is 31.4 Å². The van der Waals surface area contributed by atoms with Crippen molar-refractivity contribution in [2.45, 2.75) is 63.4 Å². The van der Waals surface area contributed by atoms with Gasteiger partial charge in [0.2, 0.25) is 0 Å². The van der Waals surface area contributed by atoms with E-state index in [2.05, 4.69) is 21.2 Å². The van der Waals surface area contributed by atoms with Crippen LogP contribution in [0, 0.1) is 6.92 Å². The van der Waals surface area contributed by atoms with Gasteiger partial charge in [0.25, 0.3) is 0 Å². The second-order valence-electron chi connectivity index (χ2n) is 8.67. The minimum absolute atomic E-state index is 0.239. The Morgan fingerprint density at radius 2 is 1.68 bits per heavy atom. The predicted octanol–water partition coefficient (Wildman–Crippen LogP) is 7.64. The van der Waals surface area contributed by atoms with Crippen LogP contribution in [0.5, 0.6) is 5.75 Å². The standard InChI is InChI=1S/C24H28BrF6NO2/c1-5-21(3,18-13-17(25)7-9-20(18)34-4)14-22(33,24(29,30)31)10-11-32-19-8-6-16(12-15(19)2)23(26,27)28/h6-9,12-13,32-33H,5,10-11,14H2,1-4H3. The molecule has 0 aliphatic heterocycles. The first kappa shape index (κ1) is 28.3. The first-order valence-electron chi connectivity index (χ1n) is 10.6. The van der Waals surface area contributed by atoms with Crippen LogP contribution in [0.3, 0.4) is 0 Å². The van der Waals surface area contributed by atoms with E-state index in [4.69, 9.17) is 4.74 Å². The molecule has 0 bridgehead atoms. The number of halogens is 7. The van der Waals surface area contributed by atoms with Gasteiger partial charge in [-0.3, -0.25) is 0 Å². The van der Waals surface area contributed by atoms with E-state index in [1.807, 2.05) is 0 Å². The Balaban J connectivity index is 2.29. The van der Waals surface area contributed by atoms with Gasteiger partial charge in [-0.15, -0.1) is 0 Å². The number of benzene rings is 2. The molecule has 0 heterocycles. The first-order valence-corrected chi connectivity index (χ1v) is 11.4.